The van der Waals surface area contributed by atoms with Gasteiger partial charge in [0.05, 0.1) is 19.9 Å². The molecule has 31 heavy (non-hydrogen) atoms. The lowest BCUT2D eigenvalue weighted by molar-refractivity contribution is 0.0997. The topological polar surface area (TPSA) is 125 Å². The molecule has 0 aliphatic carbocycles. The summed E-state index contributed by atoms with van der Waals surface area (Å²) < 4.78 is 38.8. The first-order chi connectivity index (χ1) is 14.8. The van der Waals surface area contributed by atoms with Crippen molar-refractivity contribution in [1.29, 1.82) is 0 Å². The van der Waals surface area contributed by atoms with E-state index in [0.29, 0.717) is 11.4 Å². The van der Waals surface area contributed by atoms with Crippen LogP contribution in [0.2, 0.25) is 0 Å². The molecule has 0 radical (unpaired) electrons. The van der Waals surface area contributed by atoms with Gasteiger partial charge < -0.3 is 20.2 Å². The van der Waals surface area contributed by atoms with Crippen molar-refractivity contribution in [3.63, 3.8) is 0 Å². The number of halogens is 2. The summed E-state index contributed by atoms with van der Waals surface area (Å²) >= 11 is 0. The average Bonchev–Trinajstić information content (AvgIpc) is 3.09. The Hall–Kier alpha value is -4.28. The Morgan fingerprint density at radius 3 is 2.48 bits per heavy atom. The van der Waals surface area contributed by atoms with Crippen molar-refractivity contribution < 1.29 is 23.0 Å². The summed E-state index contributed by atoms with van der Waals surface area (Å²) in [7, 11) is 2.89. The lowest BCUT2D eigenvalue weighted by Crippen LogP contribution is -2.16. The molecule has 0 atom stereocenters. The maximum atomic E-state index is 13.7. The van der Waals surface area contributed by atoms with E-state index in [4.69, 9.17) is 15.2 Å². The number of carbonyl (C=O) groups excluding carboxylic acids is 1. The zero-order valence-corrected chi connectivity index (χ0v) is 16.3. The largest absolute Gasteiger partial charge is 0.497 e. The molecule has 3 N–H and O–H groups in total. The van der Waals surface area contributed by atoms with Gasteiger partial charge in [0.25, 0.3) is 5.91 Å². The maximum Gasteiger partial charge on any atom is 0.332 e. The molecule has 0 spiro atoms. The Labute approximate surface area is 173 Å². The quantitative estimate of drug-likeness (QED) is 0.503. The second kappa shape index (κ2) is 7.52. The van der Waals surface area contributed by atoms with Crippen molar-refractivity contribution in [1.82, 2.24) is 19.5 Å². The molecule has 4 rings (SSSR count). The van der Waals surface area contributed by atoms with Gasteiger partial charge in [0.2, 0.25) is 0 Å². The predicted octanol–water partition coefficient (Wildman–Crippen LogP) is 2.17. The zero-order valence-electron chi connectivity index (χ0n) is 16.3. The molecular weight excluding hydrogens is 412 g/mol. The van der Waals surface area contributed by atoms with Crippen LogP contribution in [0, 0.1) is 11.6 Å². The Morgan fingerprint density at radius 1 is 1.06 bits per heavy atom. The lowest BCUT2D eigenvalue weighted by Gasteiger charge is -2.11. The fourth-order valence-electron chi connectivity index (χ4n) is 3.12. The number of H-pyrrole nitrogens is 1. The van der Waals surface area contributed by atoms with Gasteiger partial charge >= 0.3 is 5.69 Å². The molecular formula is C20H15F2N5O4. The first-order valence-corrected chi connectivity index (χ1v) is 8.84. The SMILES string of the molecule is COc1ccc(-n2c(=O)[nH]c3c(C(N)=O)nc(-c4ccc(F)c(F)c4)nc32)c(OC)c1. The van der Waals surface area contributed by atoms with Crippen molar-refractivity contribution in [3.05, 3.63) is 64.2 Å². The first kappa shape index (κ1) is 20.0. The fraction of sp³-hybridized carbons (Fsp3) is 0.100. The van der Waals surface area contributed by atoms with Crippen molar-refractivity contribution in [2.75, 3.05) is 14.2 Å². The highest BCUT2D eigenvalue weighted by Crippen LogP contribution is 2.30. The second-order valence-electron chi connectivity index (χ2n) is 6.39. The highest BCUT2D eigenvalue weighted by atomic mass is 19.2. The molecule has 0 unspecified atom stereocenters. The number of ether oxygens (including phenoxy) is 2. The van der Waals surface area contributed by atoms with E-state index < -0.39 is 23.2 Å². The predicted molar refractivity (Wildman–Crippen MR) is 106 cm³/mol. The number of methoxy groups -OCH3 is 2. The van der Waals surface area contributed by atoms with Gasteiger partial charge in [-0.15, -0.1) is 0 Å². The Morgan fingerprint density at radius 2 is 1.84 bits per heavy atom. The van der Waals surface area contributed by atoms with Crippen molar-refractivity contribution in [2.24, 2.45) is 5.73 Å². The van der Waals surface area contributed by atoms with Gasteiger partial charge in [0, 0.05) is 11.6 Å². The minimum Gasteiger partial charge on any atom is -0.497 e. The number of aromatic amines is 1. The summed E-state index contributed by atoms with van der Waals surface area (Å²) in [5.41, 5.74) is 4.88. The van der Waals surface area contributed by atoms with E-state index in [1.165, 1.54) is 20.3 Å². The molecule has 0 bridgehead atoms. The minimum atomic E-state index is -1.12. The van der Waals surface area contributed by atoms with Crippen LogP contribution in [0.4, 0.5) is 8.78 Å². The van der Waals surface area contributed by atoms with Crippen LogP contribution >= 0.6 is 0 Å². The molecule has 0 aliphatic rings. The summed E-state index contributed by atoms with van der Waals surface area (Å²) in [6.07, 6.45) is 0. The number of aromatic nitrogens is 4. The molecule has 9 nitrogen and oxygen atoms in total. The number of hydrogen-bond acceptors (Lipinski definition) is 6. The van der Waals surface area contributed by atoms with Crippen LogP contribution < -0.4 is 20.9 Å². The minimum absolute atomic E-state index is 0.00278. The van der Waals surface area contributed by atoms with E-state index in [9.17, 15) is 18.4 Å². The molecule has 158 valence electrons. The number of primary amides is 1. The van der Waals surface area contributed by atoms with Gasteiger partial charge in [-0.05, 0) is 30.3 Å². The molecule has 4 aromatic rings. The zero-order chi connectivity index (χ0) is 22.3. The lowest BCUT2D eigenvalue weighted by atomic mass is 10.2. The van der Waals surface area contributed by atoms with Gasteiger partial charge in [-0.2, -0.15) is 0 Å². The monoisotopic (exact) mass is 427 g/mol. The summed E-state index contributed by atoms with van der Waals surface area (Å²) in [6.45, 7) is 0. The van der Waals surface area contributed by atoms with Crippen LogP contribution in [0.1, 0.15) is 10.5 Å². The van der Waals surface area contributed by atoms with Crippen LogP contribution in [-0.4, -0.2) is 39.6 Å². The molecule has 1 amide bonds. The molecule has 0 aliphatic heterocycles. The number of carbonyl (C=O) groups is 1. The van der Waals surface area contributed by atoms with Crippen LogP contribution in [0.15, 0.2) is 41.2 Å². The van der Waals surface area contributed by atoms with Crippen LogP contribution in [-0.2, 0) is 0 Å². The number of benzene rings is 2. The van der Waals surface area contributed by atoms with Crippen LogP contribution in [0.5, 0.6) is 11.5 Å². The number of fused-ring (bicyclic) bond motifs is 1. The Kier molecular flexibility index (Phi) is 4.85. The number of rotatable bonds is 5. The fourth-order valence-corrected chi connectivity index (χ4v) is 3.12. The highest BCUT2D eigenvalue weighted by Gasteiger charge is 2.22. The van der Waals surface area contributed by atoms with Crippen molar-refractivity contribution in [2.45, 2.75) is 0 Å². The number of nitrogens with one attached hydrogen (secondary N) is 1. The third kappa shape index (κ3) is 3.35. The summed E-state index contributed by atoms with van der Waals surface area (Å²) in [5.74, 6) is -2.46. The molecule has 0 fully saturated rings. The summed E-state index contributed by atoms with van der Waals surface area (Å²) in [6, 6.07) is 7.76. The Bertz CT molecular complexity index is 1400. The third-order valence-electron chi connectivity index (χ3n) is 4.58. The van der Waals surface area contributed by atoms with Crippen molar-refractivity contribution >= 4 is 17.1 Å². The van der Waals surface area contributed by atoms with E-state index in [0.717, 1.165) is 16.7 Å². The first-order valence-electron chi connectivity index (χ1n) is 8.84. The van der Waals surface area contributed by atoms with E-state index in [-0.39, 0.29) is 34.0 Å². The number of nitrogens with two attached hydrogens (primary N) is 1. The van der Waals surface area contributed by atoms with Crippen LogP contribution in [0.25, 0.3) is 28.2 Å². The Balaban J connectivity index is 2.05. The van der Waals surface area contributed by atoms with Gasteiger partial charge in [-0.1, -0.05) is 0 Å². The van der Waals surface area contributed by atoms with Gasteiger partial charge in [0.1, 0.15) is 17.0 Å². The van der Waals surface area contributed by atoms with Gasteiger partial charge in [0.15, 0.2) is 28.8 Å². The number of nitrogens with zero attached hydrogens (tertiary/aromatic N) is 3. The summed E-state index contributed by atoms with van der Waals surface area (Å²) in [4.78, 5) is 35.7. The smallest absolute Gasteiger partial charge is 0.332 e. The number of hydrogen-bond donors (Lipinski definition) is 2. The molecule has 2 aromatic heterocycles. The standard InChI is InChI=1S/C20H15F2N5O4/c1-30-10-4-6-13(14(8-10)31-2)27-19-16(25-20(27)29)15(17(23)28)24-18(26-19)9-3-5-11(21)12(22)7-9/h3-8H,1-2H3,(H2,23,28)(H,25,29). The van der Waals surface area contributed by atoms with E-state index in [1.54, 1.807) is 18.2 Å². The van der Waals surface area contributed by atoms with Crippen molar-refractivity contribution in [3.8, 4) is 28.6 Å². The maximum absolute atomic E-state index is 13.7. The third-order valence-corrected chi connectivity index (χ3v) is 4.58. The second-order valence-corrected chi connectivity index (χ2v) is 6.39. The molecule has 2 heterocycles. The number of amides is 1. The van der Waals surface area contributed by atoms with E-state index in [2.05, 4.69) is 15.0 Å². The molecule has 0 saturated heterocycles. The van der Waals surface area contributed by atoms with E-state index >= 15 is 0 Å². The average molecular weight is 427 g/mol. The van der Waals surface area contributed by atoms with Crippen LogP contribution in [0.3, 0.4) is 0 Å². The van der Waals surface area contributed by atoms with Gasteiger partial charge in [-0.25, -0.2) is 28.1 Å². The van der Waals surface area contributed by atoms with E-state index in [1.807, 2.05) is 0 Å². The summed E-state index contributed by atoms with van der Waals surface area (Å²) in [5, 5.41) is 0. The molecule has 2 aromatic carbocycles. The number of imidazole rings is 1. The molecule has 0 saturated carbocycles. The van der Waals surface area contributed by atoms with Gasteiger partial charge in [-0.3, -0.25) is 4.79 Å². The molecule has 11 heteroatoms. The highest BCUT2D eigenvalue weighted by molar-refractivity contribution is 6.02. The normalized spacial score (nSPS) is 11.0.